The zero-order valence-electron chi connectivity index (χ0n) is 9.03. The number of nitrogens with two attached hydrogens (primary N) is 1. The van der Waals surface area contributed by atoms with Crippen molar-refractivity contribution in [2.45, 2.75) is 12.7 Å². The summed E-state index contributed by atoms with van der Waals surface area (Å²) in [6.07, 6.45) is -3.40. The number of rotatable bonds is 2. The van der Waals surface area contributed by atoms with Crippen LogP contribution in [0.2, 0.25) is 0 Å². The van der Waals surface area contributed by atoms with E-state index >= 15 is 0 Å². The van der Waals surface area contributed by atoms with E-state index in [9.17, 15) is 18.0 Å². The predicted molar refractivity (Wildman–Crippen MR) is 57.1 cm³/mol. The van der Waals surface area contributed by atoms with Crippen molar-refractivity contribution in [1.29, 1.82) is 0 Å². The lowest BCUT2D eigenvalue weighted by molar-refractivity contribution is -0.138. The molecule has 0 aliphatic heterocycles. The quantitative estimate of drug-likeness (QED) is 0.844. The normalized spacial score (nSPS) is 11.8. The molecule has 0 atom stereocenters. The van der Waals surface area contributed by atoms with E-state index < -0.39 is 17.4 Å². The van der Waals surface area contributed by atoms with Gasteiger partial charge in [0.15, 0.2) is 0 Å². The minimum Gasteiger partial charge on any atom is -0.326 e. The van der Waals surface area contributed by atoms with Crippen molar-refractivity contribution in [1.82, 2.24) is 14.8 Å². The highest BCUT2D eigenvalue weighted by Gasteiger charge is 2.33. The second-order valence-corrected chi connectivity index (χ2v) is 3.57. The van der Waals surface area contributed by atoms with Gasteiger partial charge in [0.2, 0.25) is 0 Å². The average Bonchev–Trinajstić information content (AvgIpc) is 2.73. The van der Waals surface area contributed by atoms with Gasteiger partial charge in [-0.25, -0.2) is 14.5 Å². The second kappa shape index (κ2) is 4.30. The van der Waals surface area contributed by atoms with E-state index in [2.05, 4.69) is 10.2 Å². The number of H-pyrrole nitrogens is 1. The lowest BCUT2D eigenvalue weighted by atomic mass is 10.1. The van der Waals surface area contributed by atoms with Crippen LogP contribution in [-0.4, -0.2) is 14.8 Å². The maximum absolute atomic E-state index is 12.8. The Hall–Kier alpha value is -2.09. The number of nitrogens with zero attached hydrogens (tertiary/aromatic N) is 2. The molecule has 5 nitrogen and oxygen atoms in total. The topological polar surface area (TPSA) is 76.7 Å². The smallest absolute Gasteiger partial charge is 0.326 e. The largest absolute Gasteiger partial charge is 0.416 e. The van der Waals surface area contributed by atoms with Crippen LogP contribution in [0.5, 0.6) is 0 Å². The van der Waals surface area contributed by atoms with Crippen molar-refractivity contribution in [3.63, 3.8) is 0 Å². The lowest BCUT2D eigenvalue weighted by Gasteiger charge is -2.13. The molecule has 8 heteroatoms. The summed E-state index contributed by atoms with van der Waals surface area (Å²) in [5, 5.41) is 5.56. The van der Waals surface area contributed by atoms with E-state index in [0.29, 0.717) is 0 Å². The van der Waals surface area contributed by atoms with Crippen LogP contribution in [0.25, 0.3) is 5.69 Å². The maximum Gasteiger partial charge on any atom is 0.416 e. The number of hydrogen-bond donors (Lipinski definition) is 2. The van der Waals surface area contributed by atoms with Crippen LogP contribution < -0.4 is 11.4 Å². The summed E-state index contributed by atoms with van der Waals surface area (Å²) in [7, 11) is 0. The first kappa shape index (κ1) is 12.4. The summed E-state index contributed by atoms with van der Waals surface area (Å²) in [5.41, 5.74) is 3.86. The number of alkyl halides is 3. The van der Waals surface area contributed by atoms with Gasteiger partial charge in [0.1, 0.15) is 6.33 Å². The molecule has 18 heavy (non-hydrogen) atoms. The molecule has 1 aromatic carbocycles. The van der Waals surface area contributed by atoms with Gasteiger partial charge >= 0.3 is 11.9 Å². The lowest BCUT2D eigenvalue weighted by Crippen LogP contribution is -2.17. The Balaban J connectivity index is 2.60. The number of halogens is 3. The number of nitrogens with one attached hydrogen (secondary N) is 1. The zero-order chi connectivity index (χ0) is 13.3. The van der Waals surface area contributed by atoms with Gasteiger partial charge in [-0.05, 0) is 17.7 Å². The summed E-state index contributed by atoms with van der Waals surface area (Å²) < 4.78 is 39.4. The minimum atomic E-state index is -4.52. The molecule has 0 aliphatic carbocycles. The first-order valence-corrected chi connectivity index (χ1v) is 4.96. The number of aromatic nitrogens is 3. The number of benzene rings is 1. The molecule has 0 fully saturated rings. The van der Waals surface area contributed by atoms with Gasteiger partial charge in [0.05, 0.1) is 11.3 Å². The Morgan fingerprint density at radius 2 is 2.11 bits per heavy atom. The second-order valence-electron chi connectivity index (χ2n) is 3.57. The first-order chi connectivity index (χ1) is 8.43. The summed E-state index contributed by atoms with van der Waals surface area (Å²) in [6.45, 7) is -0.227. The standard InChI is InChI=1S/C10H9F3N4O/c11-10(12,13)8-3-7(2-1-6(8)4-14)17-5-15-16-9(17)18/h1-3,5H,4,14H2,(H,16,18). The summed E-state index contributed by atoms with van der Waals surface area (Å²) in [4.78, 5) is 11.3. The van der Waals surface area contributed by atoms with Crippen molar-refractivity contribution in [2.75, 3.05) is 0 Å². The van der Waals surface area contributed by atoms with E-state index in [4.69, 9.17) is 5.73 Å². The van der Waals surface area contributed by atoms with Crippen LogP contribution in [-0.2, 0) is 12.7 Å². The van der Waals surface area contributed by atoms with E-state index in [-0.39, 0.29) is 17.8 Å². The molecule has 1 aromatic heterocycles. The Morgan fingerprint density at radius 3 is 2.61 bits per heavy atom. The van der Waals surface area contributed by atoms with Crippen LogP contribution in [0.15, 0.2) is 29.3 Å². The predicted octanol–water partition coefficient (Wildman–Crippen LogP) is 1.04. The molecule has 0 bridgehead atoms. The highest BCUT2D eigenvalue weighted by molar-refractivity contribution is 5.41. The highest BCUT2D eigenvalue weighted by atomic mass is 19.4. The Bertz CT molecular complexity index is 614. The van der Waals surface area contributed by atoms with Crippen molar-refractivity contribution in [3.05, 3.63) is 46.1 Å². The molecular weight excluding hydrogens is 249 g/mol. The van der Waals surface area contributed by atoms with Crippen LogP contribution >= 0.6 is 0 Å². The Kier molecular flexibility index (Phi) is 2.95. The van der Waals surface area contributed by atoms with Crippen LogP contribution in [0, 0.1) is 0 Å². The fraction of sp³-hybridized carbons (Fsp3) is 0.200. The van der Waals surface area contributed by atoms with Crippen molar-refractivity contribution in [2.24, 2.45) is 5.73 Å². The third-order valence-electron chi connectivity index (χ3n) is 2.45. The van der Waals surface area contributed by atoms with Gasteiger partial charge in [0, 0.05) is 6.54 Å². The maximum atomic E-state index is 12.8. The summed E-state index contributed by atoms with van der Waals surface area (Å²) in [5.74, 6) is 0. The molecule has 0 amide bonds. The molecule has 0 spiro atoms. The molecule has 0 saturated heterocycles. The summed E-state index contributed by atoms with van der Waals surface area (Å²) in [6, 6.07) is 3.51. The van der Waals surface area contributed by atoms with Gasteiger partial charge in [-0.2, -0.15) is 18.3 Å². The SMILES string of the molecule is NCc1ccc(-n2cn[nH]c2=O)cc1C(F)(F)F. The fourth-order valence-electron chi connectivity index (χ4n) is 1.59. The molecule has 2 aromatic rings. The molecule has 0 aliphatic rings. The molecule has 0 unspecified atom stereocenters. The molecule has 1 heterocycles. The van der Waals surface area contributed by atoms with Gasteiger partial charge < -0.3 is 5.73 Å². The van der Waals surface area contributed by atoms with E-state index in [1.54, 1.807) is 0 Å². The van der Waals surface area contributed by atoms with Crippen LogP contribution in [0.3, 0.4) is 0 Å². The molecule has 0 saturated carbocycles. The molecule has 96 valence electrons. The number of hydrogen-bond acceptors (Lipinski definition) is 3. The third kappa shape index (κ3) is 2.14. The fourth-order valence-corrected chi connectivity index (χ4v) is 1.59. The third-order valence-corrected chi connectivity index (χ3v) is 2.45. The van der Waals surface area contributed by atoms with Crippen LogP contribution in [0.4, 0.5) is 13.2 Å². The molecule has 0 radical (unpaired) electrons. The Labute approximate surface area is 99.0 Å². The van der Waals surface area contributed by atoms with Gasteiger partial charge in [0.25, 0.3) is 0 Å². The zero-order valence-corrected chi connectivity index (χ0v) is 9.03. The van der Waals surface area contributed by atoms with Gasteiger partial charge in [-0.3, -0.25) is 0 Å². The van der Waals surface area contributed by atoms with Crippen LogP contribution in [0.1, 0.15) is 11.1 Å². The molecule has 3 N–H and O–H groups in total. The van der Waals surface area contributed by atoms with E-state index in [1.807, 2.05) is 0 Å². The van der Waals surface area contributed by atoms with E-state index in [0.717, 1.165) is 17.0 Å². The average molecular weight is 258 g/mol. The van der Waals surface area contributed by atoms with Crippen molar-refractivity contribution >= 4 is 0 Å². The van der Waals surface area contributed by atoms with Crippen molar-refractivity contribution < 1.29 is 13.2 Å². The van der Waals surface area contributed by atoms with Gasteiger partial charge in [-0.15, -0.1) is 0 Å². The molecular formula is C10H9F3N4O. The van der Waals surface area contributed by atoms with Gasteiger partial charge in [-0.1, -0.05) is 6.07 Å². The summed E-state index contributed by atoms with van der Waals surface area (Å²) >= 11 is 0. The van der Waals surface area contributed by atoms with Crippen molar-refractivity contribution in [3.8, 4) is 5.69 Å². The monoisotopic (exact) mass is 258 g/mol. The van der Waals surface area contributed by atoms with E-state index in [1.165, 1.54) is 12.1 Å². The Morgan fingerprint density at radius 1 is 1.39 bits per heavy atom. The highest BCUT2D eigenvalue weighted by Crippen LogP contribution is 2.33. The first-order valence-electron chi connectivity index (χ1n) is 4.96. The minimum absolute atomic E-state index is 0.0252. The molecule has 2 rings (SSSR count). The number of aromatic amines is 1.